The monoisotopic (exact) mass is 436 g/mol. The minimum atomic E-state index is -3.20. The highest BCUT2D eigenvalue weighted by Crippen LogP contribution is 2.23. The molecular weight excluding hydrogens is 404 g/mol. The smallest absolute Gasteiger partial charge is 0.228 e. The first-order chi connectivity index (χ1) is 14.4. The third-order valence-electron chi connectivity index (χ3n) is 5.95. The normalized spacial score (nSPS) is 19.1. The quantitative estimate of drug-likeness (QED) is 0.639. The lowest BCUT2D eigenvalue weighted by Crippen LogP contribution is -2.53. The molecule has 8 nitrogen and oxygen atoms in total. The average Bonchev–Trinajstić information content (AvgIpc) is 2.78. The molecule has 0 unspecified atom stereocenters. The molecule has 2 saturated heterocycles. The number of rotatable bonds is 7. The van der Waals surface area contributed by atoms with Crippen molar-refractivity contribution >= 4 is 21.8 Å². The Hall–Kier alpha value is -2.00. The number of pyridine rings is 1. The summed E-state index contributed by atoms with van der Waals surface area (Å²) in [6.07, 6.45) is 4.63. The minimum absolute atomic E-state index is 0.0337. The van der Waals surface area contributed by atoms with Gasteiger partial charge in [0.2, 0.25) is 21.8 Å². The van der Waals surface area contributed by atoms with Gasteiger partial charge in [-0.1, -0.05) is 19.4 Å². The molecule has 0 bridgehead atoms. The molecule has 0 N–H and O–H groups in total. The first-order valence-corrected chi connectivity index (χ1v) is 12.5. The van der Waals surface area contributed by atoms with Crippen LogP contribution in [0.3, 0.4) is 0 Å². The molecule has 3 heterocycles. The third kappa shape index (κ3) is 5.78. The zero-order valence-corrected chi connectivity index (χ0v) is 18.5. The fourth-order valence-corrected chi connectivity index (χ4v) is 5.72. The van der Waals surface area contributed by atoms with Gasteiger partial charge >= 0.3 is 0 Å². The van der Waals surface area contributed by atoms with Crippen molar-refractivity contribution in [1.29, 1.82) is 0 Å². The van der Waals surface area contributed by atoms with Crippen LogP contribution in [0.1, 0.15) is 38.3 Å². The third-order valence-corrected chi connectivity index (χ3v) is 7.91. The zero-order chi connectivity index (χ0) is 21.6. The highest BCUT2D eigenvalue weighted by molar-refractivity contribution is 7.89. The maximum absolute atomic E-state index is 12.9. The summed E-state index contributed by atoms with van der Waals surface area (Å²) >= 11 is 0. The summed E-state index contributed by atoms with van der Waals surface area (Å²) in [6, 6.07) is 5.53. The fourth-order valence-electron chi connectivity index (χ4n) is 4.04. The fraction of sp³-hybridized carbons (Fsp3) is 0.667. The maximum Gasteiger partial charge on any atom is 0.228 e. The molecule has 0 radical (unpaired) electrons. The molecule has 9 heteroatoms. The molecule has 1 aromatic heterocycles. The number of hydrogen-bond acceptors (Lipinski definition) is 5. The van der Waals surface area contributed by atoms with E-state index in [4.69, 9.17) is 0 Å². The molecule has 0 atom stereocenters. The Kier molecular flexibility index (Phi) is 7.82. The van der Waals surface area contributed by atoms with E-state index in [2.05, 4.69) is 4.98 Å². The molecule has 166 valence electrons. The second kappa shape index (κ2) is 10.3. The lowest BCUT2D eigenvalue weighted by Gasteiger charge is -2.38. The lowest BCUT2D eigenvalue weighted by atomic mass is 9.96. The van der Waals surface area contributed by atoms with Crippen LogP contribution in [0.15, 0.2) is 24.4 Å². The van der Waals surface area contributed by atoms with Gasteiger partial charge in [-0.25, -0.2) is 12.7 Å². The first-order valence-electron chi connectivity index (χ1n) is 10.8. The second-order valence-electron chi connectivity index (χ2n) is 8.05. The molecule has 2 fully saturated rings. The van der Waals surface area contributed by atoms with Gasteiger partial charge < -0.3 is 9.80 Å². The van der Waals surface area contributed by atoms with E-state index in [0.717, 1.165) is 12.1 Å². The lowest BCUT2D eigenvalue weighted by molar-refractivity contribution is -0.142. The SMILES string of the molecule is CCCCS(=O)(=O)N1CCC(C(=O)N2CCN(C(=O)Cc3ccccn3)CC2)CC1. The van der Waals surface area contributed by atoms with Crippen molar-refractivity contribution < 1.29 is 18.0 Å². The Morgan fingerprint density at radius 1 is 1.03 bits per heavy atom. The first kappa shape index (κ1) is 22.7. The summed E-state index contributed by atoms with van der Waals surface area (Å²) in [5, 5.41) is 0. The van der Waals surface area contributed by atoms with E-state index in [1.807, 2.05) is 30.0 Å². The molecule has 1 aromatic rings. The summed E-state index contributed by atoms with van der Waals surface area (Å²) < 4.78 is 26.2. The molecule has 0 aromatic carbocycles. The highest BCUT2D eigenvalue weighted by atomic mass is 32.2. The molecule has 0 aliphatic carbocycles. The van der Waals surface area contributed by atoms with Crippen LogP contribution in [-0.4, -0.2) is 84.3 Å². The molecule has 2 aliphatic heterocycles. The van der Waals surface area contributed by atoms with Crippen LogP contribution in [-0.2, 0) is 26.0 Å². The van der Waals surface area contributed by atoms with Crippen molar-refractivity contribution in [3.8, 4) is 0 Å². The number of piperazine rings is 1. The summed E-state index contributed by atoms with van der Waals surface area (Å²) in [7, 11) is -3.20. The van der Waals surface area contributed by atoms with Crippen molar-refractivity contribution in [1.82, 2.24) is 19.1 Å². The Balaban J connectivity index is 1.44. The van der Waals surface area contributed by atoms with Crippen LogP contribution in [0.2, 0.25) is 0 Å². The molecule has 0 saturated carbocycles. The van der Waals surface area contributed by atoms with Gasteiger partial charge in [0, 0.05) is 57.1 Å². The van der Waals surface area contributed by atoms with Crippen LogP contribution in [0, 0.1) is 5.92 Å². The number of nitrogens with zero attached hydrogens (tertiary/aromatic N) is 4. The van der Waals surface area contributed by atoms with Gasteiger partial charge in [-0.15, -0.1) is 0 Å². The summed E-state index contributed by atoms with van der Waals surface area (Å²) in [6.45, 7) is 4.94. The van der Waals surface area contributed by atoms with Gasteiger partial charge in [-0.3, -0.25) is 14.6 Å². The molecule has 2 aliphatic rings. The number of sulfonamides is 1. The number of carbonyl (C=O) groups excluding carboxylic acids is 2. The summed E-state index contributed by atoms with van der Waals surface area (Å²) in [5.41, 5.74) is 0.752. The van der Waals surface area contributed by atoms with Crippen molar-refractivity contribution in [2.45, 2.75) is 39.0 Å². The second-order valence-corrected chi connectivity index (χ2v) is 10.1. The van der Waals surface area contributed by atoms with E-state index >= 15 is 0 Å². The van der Waals surface area contributed by atoms with E-state index in [9.17, 15) is 18.0 Å². The van der Waals surface area contributed by atoms with Crippen molar-refractivity contribution in [3.63, 3.8) is 0 Å². The average molecular weight is 437 g/mol. The van der Waals surface area contributed by atoms with Crippen LogP contribution in [0.5, 0.6) is 0 Å². The standard InChI is InChI=1S/C21H32N4O4S/c1-2-3-16-30(28,29)25-10-7-18(8-11-25)21(27)24-14-12-23(13-15-24)20(26)17-19-6-4-5-9-22-19/h4-6,9,18H,2-3,7-8,10-17H2,1H3. The molecule has 3 rings (SSSR count). The Morgan fingerprint density at radius 3 is 2.30 bits per heavy atom. The molecule has 2 amide bonds. The van der Waals surface area contributed by atoms with Gasteiger partial charge in [-0.2, -0.15) is 0 Å². The van der Waals surface area contributed by atoms with Crippen LogP contribution in [0.25, 0.3) is 0 Å². The number of unbranched alkanes of at least 4 members (excludes halogenated alkanes) is 1. The van der Waals surface area contributed by atoms with Gasteiger partial charge in [-0.05, 0) is 31.4 Å². The number of piperidine rings is 1. The van der Waals surface area contributed by atoms with Crippen molar-refractivity contribution in [3.05, 3.63) is 30.1 Å². The van der Waals surface area contributed by atoms with Gasteiger partial charge in [0.25, 0.3) is 0 Å². The number of carbonyl (C=O) groups is 2. The highest BCUT2D eigenvalue weighted by Gasteiger charge is 2.34. The van der Waals surface area contributed by atoms with Gasteiger partial charge in [0.15, 0.2) is 0 Å². The topological polar surface area (TPSA) is 90.9 Å². The molecule has 0 spiro atoms. The van der Waals surface area contributed by atoms with Crippen LogP contribution < -0.4 is 0 Å². The van der Waals surface area contributed by atoms with E-state index < -0.39 is 10.0 Å². The summed E-state index contributed by atoms with van der Waals surface area (Å²) in [4.78, 5) is 33.2. The molecule has 30 heavy (non-hydrogen) atoms. The van der Waals surface area contributed by atoms with Crippen molar-refractivity contribution in [2.75, 3.05) is 45.0 Å². The van der Waals surface area contributed by atoms with E-state index in [1.165, 1.54) is 0 Å². The van der Waals surface area contributed by atoms with E-state index in [1.54, 1.807) is 15.4 Å². The van der Waals surface area contributed by atoms with Crippen molar-refractivity contribution in [2.24, 2.45) is 5.92 Å². The summed E-state index contributed by atoms with van der Waals surface area (Å²) in [5.74, 6) is 0.193. The Morgan fingerprint density at radius 2 is 1.70 bits per heavy atom. The van der Waals surface area contributed by atoms with E-state index in [-0.39, 0.29) is 29.9 Å². The number of aromatic nitrogens is 1. The predicted molar refractivity (Wildman–Crippen MR) is 114 cm³/mol. The number of amides is 2. The molecular formula is C21H32N4O4S. The maximum atomic E-state index is 12.9. The van der Waals surface area contributed by atoms with Gasteiger partial charge in [0.1, 0.15) is 0 Å². The van der Waals surface area contributed by atoms with Crippen LogP contribution in [0.4, 0.5) is 0 Å². The number of hydrogen-bond donors (Lipinski definition) is 0. The Labute approximate surface area is 179 Å². The minimum Gasteiger partial charge on any atom is -0.339 e. The van der Waals surface area contributed by atoms with Gasteiger partial charge in [0.05, 0.1) is 12.2 Å². The predicted octanol–water partition coefficient (Wildman–Crippen LogP) is 1.14. The zero-order valence-electron chi connectivity index (χ0n) is 17.7. The van der Waals surface area contributed by atoms with E-state index in [0.29, 0.717) is 58.5 Å². The largest absolute Gasteiger partial charge is 0.339 e. The van der Waals surface area contributed by atoms with Crippen LogP contribution >= 0.6 is 0 Å². The Bertz CT molecular complexity index is 815.